The summed E-state index contributed by atoms with van der Waals surface area (Å²) in [6.45, 7) is 2.42. The second-order valence-electron chi connectivity index (χ2n) is 5.86. The van der Waals surface area contributed by atoms with Gasteiger partial charge >= 0.3 is 5.97 Å². The summed E-state index contributed by atoms with van der Waals surface area (Å²) in [7, 11) is 1.30. The van der Waals surface area contributed by atoms with E-state index in [1.54, 1.807) is 30.3 Å². The van der Waals surface area contributed by atoms with Gasteiger partial charge in [0.05, 0.1) is 18.6 Å². The van der Waals surface area contributed by atoms with Crippen LogP contribution < -0.4 is 4.74 Å². The number of carbonyl (C=O) groups is 2. The number of thioether (sulfide) groups is 1. The highest BCUT2D eigenvalue weighted by Gasteiger charge is 2.41. The number of amides is 1. The molecule has 1 saturated heterocycles. The van der Waals surface area contributed by atoms with E-state index >= 15 is 0 Å². The molecule has 2 aromatic carbocycles. The highest BCUT2D eigenvalue weighted by Crippen LogP contribution is 2.39. The zero-order chi connectivity index (χ0) is 20.1. The van der Waals surface area contributed by atoms with Crippen molar-refractivity contribution in [2.45, 2.75) is 13.0 Å². The fourth-order valence-corrected chi connectivity index (χ4v) is 4.17. The summed E-state index contributed by atoms with van der Waals surface area (Å²) in [5, 5.41) is 0. The monoisotopic (exact) mass is 413 g/mol. The highest BCUT2D eigenvalue weighted by atomic mass is 32.2. The van der Waals surface area contributed by atoms with Crippen molar-refractivity contribution < 1.29 is 19.1 Å². The smallest absolute Gasteiger partial charge is 0.333 e. The van der Waals surface area contributed by atoms with Crippen molar-refractivity contribution in [2.24, 2.45) is 0 Å². The first-order chi connectivity index (χ1) is 13.6. The number of hydrogen-bond acceptors (Lipinski definition) is 6. The third-order valence-corrected chi connectivity index (χ3v) is 5.46. The van der Waals surface area contributed by atoms with Gasteiger partial charge in [-0.25, -0.2) is 4.79 Å². The topological polar surface area (TPSA) is 55.8 Å². The van der Waals surface area contributed by atoms with Crippen LogP contribution in [-0.2, 0) is 14.3 Å². The molecule has 1 fully saturated rings. The summed E-state index contributed by atoms with van der Waals surface area (Å²) in [4.78, 5) is 27.3. The number of carbonyl (C=O) groups excluding carboxylic acids is 2. The number of methoxy groups -OCH3 is 1. The lowest BCUT2D eigenvalue weighted by Crippen LogP contribution is -2.37. The van der Waals surface area contributed by atoms with Crippen molar-refractivity contribution in [2.75, 3.05) is 13.7 Å². The van der Waals surface area contributed by atoms with Crippen LogP contribution in [0.5, 0.6) is 5.75 Å². The van der Waals surface area contributed by atoms with Crippen LogP contribution in [0.2, 0.25) is 0 Å². The highest BCUT2D eigenvalue weighted by molar-refractivity contribution is 8.26. The number of para-hydroxylation sites is 1. The number of benzene rings is 2. The van der Waals surface area contributed by atoms with E-state index in [4.69, 9.17) is 21.7 Å². The van der Waals surface area contributed by atoms with Crippen molar-refractivity contribution in [3.63, 3.8) is 0 Å². The largest absolute Gasteiger partial charge is 0.493 e. The van der Waals surface area contributed by atoms with Crippen LogP contribution in [0.15, 0.2) is 59.5 Å². The molecule has 2 aromatic rings. The minimum absolute atomic E-state index is 0.310. The third kappa shape index (κ3) is 4.10. The van der Waals surface area contributed by atoms with Crippen LogP contribution in [-0.4, -0.2) is 34.8 Å². The van der Waals surface area contributed by atoms with E-state index in [1.807, 2.05) is 37.3 Å². The normalized spacial score (nSPS) is 16.4. The molecule has 1 aliphatic heterocycles. The Hall–Kier alpha value is -2.64. The van der Waals surface area contributed by atoms with Gasteiger partial charge in [-0.3, -0.25) is 9.69 Å². The molecule has 1 amide bonds. The Balaban J connectivity index is 1.98. The van der Waals surface area contributed by atoms with E-state index in [0.29, 0.717) is 27.1 Å². The van der Waals surface area contributed by atoms with E-state index in [2.05, 4.69) is 0 Å². The minimum atomic E-state index is -0.924. The average molecular weight is 414 g/mol. The molecule has 144 valence electrons. The minimum Gasteiger partial charge on any atom is -0.493 e. The summed E-state index contributed by atoms with van der Waals surface area (Å²) in [6.07, 6.45) is 1.74. The molecule has 28 heavy (non-hydrogen) atoms. The zero-order valence-electron chi connectivity index (χ0n) is 15.5. The van der Waals surface area contributed by atoms with Gasteiger partial charge in [-0.15, -0.1) is 0 Å². The van der Waals surface area contributed by atoms with E-state index in [9.17, 15) is 9.59 Å². The molecule has 1 atom stereocenters. The fraction of sp³-hybridized carbons (Fsp3) is 0.190. The molecule has 0 spiro atoms. The summed E-state index contributed by atoms with van der Waals surface area (Å²) in [6, 6.07) is 15.5. The van der Waals surface area contributed by atoms with E-state index in [0.717, 1.165) is 17.3 Å². The molecule has 5 nitrogen and oxygen atoms in total. The summed E-state index contributed by atoms with van der Waals surface area (Å²) in [5.41, 5.74) is 1.42. The number of hydrogen-bond donors (Lipinski definition) is 0. The first-order valence-electron chi connectivity index (χ1n) is 8.68. The van der Waals surface area contributed by atoms with Gasteiger partial charge in [-0.2, -0.15) is 0 Å². The number of esters is 1. The predicted molar refractivity (Wildman–Crippen MR) is 114 cm³/mol. The molecule has 3 rings (SSSR count). The molecule has 0 radical (unpaired) electrons. The molecule has 0 aliphatic carbocycles. The van der Waals surface area contributed by atoms with Crippen molar-refractivity contribution in [1.29, 1.82) is 0 Å². The fourth-order valence-electron chi connectivity index (χ4n) is 2.87. The molecule has 0 bridgehead atoms. The molecular weight excluding hydrogens is 394 g/mol. The number of nitrogens with zero attached hydrogens (tertiary/aromatic N) is 1. The first kappa shape index (κ1) is 20.1. The third-order valence-electron chi connectivity index (χ3n) is 4.13. The van der Waals surface area contributed by atoms with Crippen LogP contribution >= 0.6 is 24.0 Å². The first-order valence-corrected chi connectivity index (χ1v) is 9.91. The van der Waals surface area contributed by atoms with Crippen molar-refractivity contribution in [3.05, 3.63) is 70.6 Å². The number of thiocarbonyl (C=S) groups is 1. The van der Waals surface area contributed by atoms with Gasteiger partial charge in [0.15, 0.2) is 6.04 Å². The van der Waals surface area contributed by atoms with E-state index < -0.39 is 12.0 Å². The van der Waals surface area contributed by atoms with Crippen molar-refractivity contribution in [3.8, 4) is 5.75 Å². The molecule has 0 aromatic heterocycles. The molecule has 0 saturated carbocycles. The van der Waals surface area contributed by atoms with E-state index in [-0.39, 0.29) is 5.91 Å². The van der Waals surface area contributed by atoms with Gasteiger partial charge in [0, 0.05) is 5.56 Å². The Kier molecular flexibility index (Phi) is 6.49. The summed E-state index contributed by atoms with van der Waals surface area (Å²) < 4.78 is 10.9. The van der Waals surface area contributed by atoms with Crippen molar-refractivity contribution >= 4 is 46.3 Å². The maximum absolute atomic E-state index is 13.1. The zero-order valence-corrected chi connectivity index (χ0v) is 17.1. The van der Waals surface area contributed by atoms with Crippen LogP contribution in [0, 0.1) is 0 Å². The van der Waals surface area contributed by atoms with Crippen LogP contribution in [0.1, 0.15) is 24.1 Å². The Morgan fingerprint density at radius 2 is 1.86 bits per heavy atom. The van der Waals surface area contributed by atoms with Gasteiger partial charge in [0.2, 0.25) is 0 Å². The van der Waals surface area contributed by atoms with E-state index in [1.165, 1.54) is 12.0 Å². The lowest BCUT2D eigenvalue weighted by Gasteiger charge is -2.24. The quantitative estimate of drug-likeness (QED) is 0.402. The van der Waals surface area contributed by atoms with Gasteiger partial charge in [-0.05, 0) is 24.6 Å². The molecule has 1 unspecified atom stereocenters. The average Bonchev–Trinajstić information content (AvgIpc) is 2.98. The lowest BCUT2D eigenvalue weighted by atomic mass is 10.1. The van der Waals surface area contributed by atoms with Crippen LogP contribution in [0.3, 0.4) is 0 Å². The van der Waals surface area contributed by atoms with Gasteiger partial charge < -0.3 is 9.47 Å². The Morgan fingerprint density at radius 1 is 1.18 bits per heavy atom. The van der Waals surface area contributed by atoms with Crippen molar-refractivity contribution in [1.82, 2.24) is 4.90 Å². The van der Waals surface area contributed by atoms with Gasteiger partial charge in [0.1, 0.15) is 10.1 Å². The molecule has 0 N–H and O–H groups in total. The number of rotatable bonds is 6. The van der Waals surface area contributed by atoms with Crippen LogP contribution in [0.4, 0.5) is 0 Å². The second-order valence-corrected chi connectivity index (χ2v) is 7.53. The Bertz CT molecular complexity index is 927. The Labute approximate surface area is 173 Å². The predicted octanol–water partition coefficient (Wildman–Crippen LogP) is 4.20. The lowest BCUT2D eigenvalue weighted by molar-refractivity contribution is -0.148. The Morgan fingerprint density at radius 3 is 2.54 bits per heavy atom. The second kappa shape index (κ2) is 9.03. The summed E-state index contributed by atoms with van der Waals surface area (Å²) in [5.74, 6) is -0.193. The summed E-state index contributed by atoms with van der Waals surface area (Å²) >= 11 is 6.59. The molecule has 1 aliphatic rings. The number of ether oxygens (including phenoxy) is 2. The molecule has 1 heterocycles. The van der Waals surface area contributed by atoms with Gasteiger partial charge in [-0.1, -0.05) is 72.5 Å². The van der Waals surface area contributed by atoms with Gasteiger partial charge in [0.25, 0.3) is 5.91 Å². The van der Waals surface area contributed by atoms with Crippen LogP contribution in [0.25, 0.3) is 6.08 Å². The maximum Gasteiger partial charge on any atom is 0.333 e. The standard InChI is InChI=1S/C21H19NO4S2/c1-3-26-16-12-8-7-11-15(16)13-17-19(23)22(21(27)28-17)18(20(24)25-2)14-9-5-4-6-10-14/h4-13,18H,3H2,1-2H3/b17-13+. The molecular formula is C21H19NO4S2. The SMILES string of the molecule is CCOc1ccccc1/C=C1/SC(=S)N(C(C(=O)OC)c2ccccc2)C1=O. The molecule has 7 heteroatoms. The maximum atomic E-state index is 13.1.